The molecule has 0 aliphatic carbocycles. The summed E-state index contributed by atoms with van der Waals surface area (Å²) in [6.45, 7) is 3.57. The lowest BCUT2D eigenvalue weighted by Gasteiger charge is -2.10. The lowest BCUT2D eigenvalue weighted by molar-refractivity contribution is 0.514. The lowest BCUT2D eigenvalue weighted by Crippen LogP contribution is -1.88. The summed E-state index contributed by atoms with van der Waals surface area (Å²) >= 11 is 0. The molecule has 100 valence electrons. The maximum atomic E-state index is 9.60. The molecule has 0 saturated carbocycles. The minimum absolute atomic E-state index is 0.0419. The van der Waals surface area contributed by atoms with Crippen LogP contribution in [0.3, 0.4) is 0 Å². The quantitative estimate of drug-likeness (QED) is 0.673. The maximum Gasteiger partial charge on any atom is 0.115 e. The van der Waals surface area contributed by atoms with E-state index in [1.165, 1.54) is 0 Å². The Bertz CT molecular complexity index is 887. The first-order chi connectivity index (χ1) is 10.2. The van der Waals surface area contributed by atoms with Gasteiger partial charge in [0, 0.05) is 11.1 Å². The van der Waals surface area contributed by atoms with E-state index in [1.807, 2.05) is 60.7 Å². The van der Waals surface area contributed by atoms with Crippen LogP contribution in [0.15, 0.2) is 67.2 Å². The summed E-state index contributed by atoms with van der Waals surface area (Å²) in [5.41, 5.74) is 3.20. The highest BCUT2D eigenvalue weighted by Crippen LogP contribution is 2.32. The molecule has 0 aliphatic heterocycles. The molecule has 0 heterocycles. The van der Waals surface area contributed by atoms with Crippen LogP contribution in [0.5, 0.6) is 0 Å². The third-order valence-corrected chi connectivity index (χ3v) is 3.55. The minimum atomic E-state index is 0.0419. The Morgan fingerprint density at radius 3 is 2.48 bits per heavy atom. The molecule has 0 saturated heterocycles. The molecule has 0 radical (unpaired) electrons. The second-order valence-corrected chi connectivity index (χ2v) is 4.85. The molecule has 0 unspecified atom stereocenters. The first-order valence-electron chi connectivity index (χ1n) is 6.61. The standard InChI is InChI=1S/C19H13NO/c1-13(21)15-10-9-14-6-4-8-18(19(14)11-15)17-7-3-2-5-16(17)12-20/h2-11,21H,1H2. The number of aliphatic hydroxyl groups is 1. The monoisotopic (exact) mass is 271 g/mol. The molecule has 3 aromatic rings. The lowest BCUT2D eigenvalue weighted by atomic mass is 9.94. The van der Waals surface area contributed by atoms with Gasteiger partial charge in [-0.2, -0.15) is 5.26 Å². The molecule has 1 N–H and O–H groups in total. The van der Waals surface area contributed by atoms with Crippen molar-refractivity contribution < 1.29 is 5.11 Å². The topological polar surface area (TPSA) is 44.0 Å². The fourth-order valence-corrected chi connectivity index (χ4v) is 2.50. The molecular formula is C19H13NO. The summed E-state index contributed by atoms with van der Waals surface area (Å²) in [7, 11) is 0. The summed E-state index contributed by atoms with van der Waals surface area (Å²) in [6.07, 6.45) is 0. The highest BCUT2D eigenvalue weighted by Gasteiger charge is 2.09. The average Bonchev–Trinajstić information content (AvgIpc) is 2.53. The van der Waals surface area contributed by atoms with Crippen LogP contribution >= 0.6 is 0 Å². The molecule has 3 aromatic carbocycles. The predicted octanol–water partition coefficient (Wildman–Crippen LogP) is 4.91. The molecule has 0 bridgehead atoms. The van der Waals surface area contributed by atoms with Crippen LogP contribution in [-0.4, -0.2) is 5.11 Å². The average molecular weight is 271 g/mol. The molecular weight excluding hydrogens is 258 g/mol. The van der Waals surface area contributed by atoms with Crippen LogP contribution in [0, 0.1) is 11.3 Å². The van der Waals surface area contributed by atoms with Crippen LogP contribution in [0.2, 0.25) is 0 Å². The molecule has 0 fully saturated rings. The molecule has 0 atom stereocenters. The van der Waals surface area contributed by atoms with Crippen LogP contribution in [0.4, 0.5) is 0 Å². The van der Waals surface area contributed by atoms with E-state index in [2.05, 4.69) is 12.6 Å². The van der Waals surface area contributed by atoms with Crippen LogP contribution in [-0.2, 0) is 0 Å². The minimum Gasteiger partial charge on any atom is -0.508 e. The van der Waals surface area contributed by atoms with Gasteiger partial charge in [0.15, 0.2) is 0 Å². The molecule has 0 aliphatic rings. The number of nitrogens with zero attached hydrogens (tertiary/aromatic N) is 1. The summed E-state index contributed by atoms with van der Waals surface area (Å²) in [6, 6.07) is 21.4. The molecule has 21 heavy (non-hydrogen) atoms. The van der Waals surface area contributed by atoms with E-state index in [4.69, 9.17) is 0 Å². The Morgan fingerprint density at radius 1 is 0.952 bits per heavy atom. The van der Waals surface area contributed by atoms with Crippen molar-refractivity contribution in [2.45, 2.75) is 0 Å². The third kappa shape index (κ3) is 2.26. The van der Waals surface area contributed by atoms with Gasteiger partial charge < -0.3 is 5.11 Å². The molecule has 0 aromatic heterocycles. The molecule has 0 amide bonds. The van der Waals surface area contributed by atoms with Crippen molar-refractivity contribution in [3.63, 3.8) is 0 Å². The Hall–Kier alpha value is -3.05. The van der Waals surface area contributed by atoms with Crippen molar-refractivity contribution in [1.82, 2.24) is 0 Å². The molecule has 0 spiro atoms. The fourth-order valence-electron chi connectivity index (χ4n) is 2.50. The van der Waals surface area contributed by atoms with Gasteiger partial charge in [-0.05, 0) is 28.5 Å². The number of benzene rings is 3. The number of hydrogen-bond donors (Lipinski definition) is 1. The second-order valence-electron chi connectivity index (χ2n) is 4.85. The highest BCUT2D eigenvalue weighted by molar-refractivity contribution is 5.99. The van der Waals surface area contributed by atoms with Crippen molar-refractivity contribution in [1.29, 1.82) is 5.26 Å². The van der Waals surface area contributed by atoms with Gasteiger partial charge in [0.25, 0.3) is 0 Å². The number of hydrogen-bond acceptors (Lipinski definition) is 2. The fraction of sp³-hybridized carbons (Fsp3) is 0. The zero-order valence-corrected chi connectivity index (χ0v) is 11.4. The molecule has 2 nitrogen and oxygen atoms in total. The van der Waals surface area contributed by atoms with Gasteiger partial charge in [-0.3, -0.25) is 0 Å². The Morgan fingerprint density at radius 2 is 1.71 bits per heavy atom. The summed E-state index contributed by atoms with van der Waals surface area (Å²) in [4.78, 5) is 0. The van der Waals surface area contributed by atoms with Gasteiger partial charge in [0.05, 0.1) is 11.6 Å². The maximum absolute atomic E-state index is 9.60. The van der Waals surface area contributed by atoms with Gasteiger partial charge >= 0.3 is 0 Å². The zero-order valence-electron chi connectivity index (χ0n) is 11.4. The van der Waals surface area contributed by atoms with E-state index in [0.29, 0.717) is 11.1 Å². The van der Waals surface area contributed by atoms with E-state index in [1.54, 1.807) is 0 Å². The largest absolute Gasteiger partial charge is 0.508 e. The number of rotatable bonds is 2. The number of nitriles is 1. The Labute approximate surface area is 123 Å². The van der Waals surface area contributed by atoms with Crippen molar-refractivity contribution >= 4 is 16.5 Å². The van der Waals surface area contributed by atoms with Gasteiger partial charge in [0.2, 0.25) is 0 Å². The SMILES string of the molecule is C=C(O)c1ccc2cccc(-c3ccccc3C#N)c2c1. The van der Waals surface area contributed by atoms with E-state index in [-0.39, 0.29) is 5.76 Å². The van der Waals surface area contributed by atoms with Gasteiger partial charge in [-0.15, -0.1) is 0 Å². The highest BCUT2D eigenvalue weighted by atomic mass is 16.3. The zero-order chi connectivity index (χ0) is 14.8. The summed E-state index contributed by atoms with van der Waals surface area (Å²) in [5.74, 6) is 0.0419. The van der Waals surface area contributed by atoms with Crippen molar-refractivity contribution in [3.8, 4) is 17.2 Å². The molecule has 3 rings (SSSR count). The smallest absolute Gasteiger partial charge is 0.115 e. The molecule has 2 heteroatoms. The number of fused-ring (bicyclic) bond motifs is 1. The van der Waals surface area contributed by atoms with E-state index in [9.17, 15) is 10.4 Å². The Balaban J connectivity index is 2.35. The van der Waals surface area contributed by atoms with Gasteiger partial charge in [0.1, 0.15) is 5.76 Å². The third-order valence-electron chi connectivity index (χ3n) is 3.55. The van der Waals surface area contributed by atoms with Crippen LogP contribution in [0.25, 0.3) is 27.7 Å². The van der Waals surface area contributed by atoms with Crippen molar-refractivity contribution in [2.24, 2.45) is 0 Å². The summed E-state index contributed by atoms with van der Waals surface area (Å²) in [5, 5.41) is 20.9. The first-order valence-corrected chi connectivity index (χ1v) is 6.61. The first kappa shape index (κ1) is 13.0. The van der Waals surface area contributed by atoms with Crippen LogP contribution < -0.4 is 0 Å². The Kier molecular flexibility index (Phi) is 3.17. The normalized spacial score (nSPS) is 10.2. The van der Waals surface area contributed by atoms with E-state index < -0.39 is 0 Å². The summed E-state index contributed by atoms with van der Waals surface area (Å²) < 4.78 is 0. The van der Waals surface area contributed by atoms with Gasteiger partial charge in [-0.25, -0.2) is 0 Å². The second kappa shape index (κ2) is 5.15. The van der Waals surface area contributed by atoms with Crippen molar-refractivity contribution in [2.75, 3.05) is 0 Å². The van der Waals surface area contributed by atoms with Crippen molar-refractivity contribution in [3.05, 3.63) is 78.4 Å². The van der Waals surface area contributed by atoms with E-state index in [0.717, 1.165) is 21.9 Å². The van der Waals surface area contributed by atoms with Crippen LogP contribution in [0.1, 0.15) is 11.1 Å². The van der Waals surface area contributed by atoms with Gasteiger partial charge in [-0.1, -0.05) is 55.1 Å². The number of aliphatic hydroxyl groups excluding tert-OH is 1. The predicted molar refractivity (Wildman–Crippen MR) is 85.8 cm³/mol. The van der Waals surface area contributed by atoms with E-state index >= 15 is 0 Å².